The fraction of sp³-hybridized carbons (Fsp3) is 0.855. The molecule has 0 spiro atoms. The first-order valence-corrected chi connectivity index (χ1v) is 26.4. The van der Waals surface area contributed by atoms with E-state index in [1.54, 1.807) is 9.80 Å². The molecule has 0 heterocycles. The molecule has 0 aliphatic heterocycles. The van der Waals surface area contributed by atoms with Crippen LogP contribution in [0.25, 0.3) is 0 Å². The lowest BCUT2D eigenvalue weighted by atomic mass is 9.47. The van der Waals surface area contributed by atoms with Gasteiger partial charge in [0.1, 0.15) is 22.9 Å². The number of alkyl carbamates (subject to hydrolysis) is 2. The van der Waals surface area contributed by atoms with Crippen molar-refractivity contribution >= 4 is 24.4 Å². The zero-order valence-corrected chi connectivity index (χ0v) is 44.9. The number of nitrogens with zero attached hydrogens (tertiary/aromatic N) is 2. The average Bonchev–Trinajstić information content (AvgIpc) is 3.56. The second-order valence-corrected chi connectivity index (χ2v) is 24.5. The van der Waals surface area contributed by atoms with E-state index in [9.17, 15) is 19.2 Å². The minimum atomic E-state index is -0.663. The summed E-state index contributed by atoms with van der Waals surface area (Å²) in [5.74, 6) is 4.84. The summed E-state index contributed by atoms with van der Waals surface area (Å²) < 4.78 is 22.9. The van der Waals surface area contributed by atoms with E-state index < -0.39 is 35.1 Å². The number of ether oxygens (including phenoxy) is 4. The standard InChI is InChI=1S/C55H96N4O8/c1-16-40(38(2)3)22-21-39(4)44-25-26-45-43-24-23-41-37-42(27-29-54(41,14)46(43)28-30-55(44,45)15)64-49(62)58(35-19-31-56-47(60)65-51(5,6)7)33-17-18-34-59(50(63)67-53(11,12)13)36-20-32-57-48(61)66-52(8,9)10/h21-23,38-40,42-46H,16-20,24-37H2,1-15H3,(H,56,60)(H,57,61)/b22-21+/t39-,40-,42+,43+,44-,45+,46+,54+,55-/m1/s1. The number of carbonyl (C=O) groups excluding carboxylic acids is 4. The molecule has 0 bridgehead atoms. The van der Waals surface area contributed by atoms with Gasteiger partial charge in [-0.3, -0.25) is 0 Å². The number of hydrogen-bond donors (Lipinski definition) is 2. The van der Waals surface area contributed by atoms with Gasteiger partial charge in [-0.1, -0.05) is 65.3 Å². The molecule has 2 N–H and O–H groups in total. The maximum Gasteiger partial charge on any atom is 0.410 e. The van der Waals surface area contributed by atoms with Crippen molar-refractivity contribution in [3.8, 4) is 0 Å². The Morgan fingerprint density at radius 3 is 1.76 bits per heavy atom. The lowest BCUT2D eigenvalue weighted by Crippen LogP contribution is -2.51. The van der Waals surface area contributed by atoms with Crippen molar-refractivity contribution in [2.24, 2.45) is 52.3 Å². The smallest absolute Gasteiger partial charge is 0.410 e. The van der Waals surface area contributed by atoms with Gasteiger partial charge in [-0.25, -0.2) is 19.2 Å². The Balaban J connectivity index is 1.38. The van der Waals surface area contributed by atoms with Crippen molar-refractivity contribution in [3.63, 3.8) is 0 Å². The maximum absolute atomic E-state index is 14.1. The third kappa shape index (κ3) is 16.6. The van der Waals surface area contributed by atoms with Crippen LogP contribution in [0.3, 0.4) is 0 Å². The van der Waals surface area contributed by atoms with Gasteiger partial charge >= 0.3 is 24.4 Å². The lowest BCUT2D eigenvalue weighted by molar-refractivity contribution is -0.0563. The monoisotopic (exact) mass is 941 g/mol. The Bertz CT molecular complexity index is 1690. The molecule has 12 nitrogen and oxygen atoms in total. The number of rotatable bonds is 19. The Kier molecular flexibility index (Phi) is 20.0. The number of amides is 4. The van der Waals surface area contributed by atoms with Crippen LogP contribution in [0.5, 0.6) is 0 Å². The molecule has 0 aromatic carbocycles. The first-order valence-electron chi connectivity index (χ1n) is 26.4. The highest BCUT2D eigenvalue weighted by Gasteiger charge is 2.59. The zero-order chi connectivity index (χ0) is 50.0. The highest BCUT2D eigenvalue weighted by atomic mass is 16.6. The summed E-state index contributed by atoms with van der Waals surface area (Å²) in [6, 6.07) is 0. The predicted molar refractivity (Wildman–Crippen MR) is 269 cm³/mol. The number of unbranched alkanes of at least 4 members (excludes halogenated alkanes) is 1. The van der Waals surface area contributed by atoms with Crippen molar-refractivity contribution in [1.82, 2.24) is 20.4 Å². The summed E-state index contributed by atoms with van der Waals surface area (Å²) >= 11 is 0. The van der Waals surface area contributed by atoms with Gasteiger partial charge < -0.3 is 39.4 Å². The molecule has 67 heavy (non-hydrogen) atoms. The molecule has 4 amide bonds. The largest absolute Gasteiger partial charge is 0.446 e. The van der Waals surface area contributed by atoms with Crippen molar-refractivity contribution in [1.29, 1.82) is 0 Å². The molecule has 0 saturated heterocycles. The van der Waals surface area contributed by atoms with Crippen LogP contribution in [-0.2, 0) is 18.9 Å². The van der Waals surface area contributed by atoms with E-state index in [0.717, 1.165) is 43.4 Å². The van der Waals surface area contributed by atoms with Crippen LogP contribution < -0.4 is 10.6 Å². The van der Waals surface area contributed by atoms with Gasteiger partial charge in [-0.15, -0.1) is 0 Å². The fourth-order valence-corrected chi connectivity index (χ4v) is 12.2. The molecule has 4 aliphatic rings. The summed E-state index contributed by atoms with van der Waals surface area (Å²) in [7, 11) is 0. The van der Waals surface area contributed by atoms with Gasteiger partial charge in [-0.05, 0) is 192 Å². The van der Waals surface area contributed by atoms with E-state index in [4.69, 9.17) is 18.9 Å². The van der Waals surface area contributed by atoms with Crippen LogP contribution in [0.15, 0.2) is 23.8 Å². The van der Waals surface area contributed by atoms with Crippen LogP contribution in [0.2, 0.25) is 0 Å². The highest BCUT2D eigenvalue weighted by molar-refractivity contribution is 5.69. The van der Waals surface area contributed by atoms with E-state index in [2.05, 4.69) is 70.4 Å². The molecule has 9 atom stereocenters. The second-order valence-electron chi connectivity index (χ2n) is 24.5. The molecule has 0 radical (unpaired) electrons. The molecular weight excluding hydrogens is 845 g/mol. The number of nitrogens with one attached hydrogen (secondary N) is 2. The van der Waals surface area contributed by atoms with Gasteiger partial charge in [0.05, 0.1) is 0 Å². The number of allylic oxidation sites excluding steroid dienone is 3. The van der Waals surface area contributed by atoms with Gasteiger partial charge in [0.25, 0.3) is 0 Å². The summed E-state index contributed by atoms with van der Waals surface area (Å²) in [6.07, 6.45) is 18.4. The second kappa shape index (κ2) is 23.9. The molecule has 0 unspecified atom stereocenters. The Morgan fingerprint density at radius 1 is 0.701 bits per heavy atom. The maximum atomic E-state index is 14.1. The van der Waals surface area contributed by atoms with Crippen molar-refractivity contribution in [3.05, 3.63) is 23.8 Å². The van der Waals surface area contributed by atoms with Gasteiger partial charge in [0.2, 0.25) is 0 Å². The van der Waals surface area contributed by atoms with Gasteiger partial charge in [0, 0.05) is 45.7 Å². The molecular formula is C55H96N4O8. The summed E-state index contributed by atoms with van der Waals surface area (Å²) in [4.78, 5) is 55.4. The lowest BCUT2D eigenvalue weighted by Gasteiger charge is -2.58. The van der Waals surface area contributed by atoms with E-state index in [0.29, 0.717) is 94.0 Å². The molecule has 0 aromatic heterocycles. The molecule has 4 aliphatic carbocycles. The molecule has 0 aromatic rings. The van der Waals surface area contributed by atoms with E-state index in [-0.39, 0.29) is 17.6 Å². The van der Waals surface area contributed by atoms with Crippen LogP contribution in [0, 0.1) is 52.3 Å². The third-order valence-electron chi connectivity index (χ3n) is 15.6. The Labute approximate surface area is 407 Å². The Hall–Kier alpha value is -3.44. The number of fused-ring (bicyclic) bond motifs is 5. The minimum absolute atomic E-state index is 0.140. The normalized spacial score (nSPS) is 27.2. The third-order valence-corrected chi connectivity index (χ3v) is 15.6. The first kappa shape index (κ1) is 56.2. The summed E-state index contributed by atoms with van der Waals surface area (Å²) in [5, 5.41) is 5.59. The molecule has 384 valence electrons. The van der Waals surface area contributed by atoms with Crippen LogP contribution in [-0.4, -0.2) is 96.3 Å². The van der Waals surface area contributed by atoms with Crippen molar-refractivity contribution in [2.45, 2.75) is 210 Å². The number of carbonyl (C=O) groups is 4. The molecule has 3 fully saturated rings. The zero-order valence-electron chi connectivity index (χ0n) is 44.9. The van der Waals surface area contributed by atoms with E-state index >= 15 is 0 Å². The SMILES string of the molecule is CC[C@H](/C=C/[C@@H](C)[C@H]1CC[C@H]2[C@@H]3CC=C4C[C@@H](OC(=O)N(CCCCN(CCCNC(=O)OC(C)(C)C)C(=O)OC(C)(C)C)CCCNC(=O)OC(C)(C)C)CC[C@]4(C)[C@H]3CC[C@]12C)C(C)C. The molecule has 3 saturated carbocycles. The van der Waals surface area contributed by atoms with Crippen molar-refractivity contribution in [2.75, 3.05) is 39.3 Å². The van der Waals surface area contributed by atoms with Gasteiger partial charge in [0.15, 0.2) is 0 Å². The van der Waals surface area contributed by atoms with Crippen molar-refractivity contribution < 1.29 is 38.1 Å². The quantitative estimate of drug-likeness (QED) is 0.0742. The molecule has 4 rings (SSSR count). The molecule has 12 heteroatoms. The first-order chi connectivity index (χ1) is 31.2. The van der Waals surface area contributed by atoms with E-state index in [1.165, 1.54) is 37.7 Å². The predicted octanol–water partition coefficient (Wildman–Crippen LogP) is 13.1. The van der Waals surface area contributed by atoms with Gasteiger partial charge in [-0.2, -0.15) is 0 Å². The van der Waals surface area contributed by atoms with E-state index in [1.807, 2.05) is 62.3 Å². The van der Waals surface area contributed by atoms with Crippen LogP contribution in [0.1, 0.15) is 187 Å². The summed E-state index contributed by atoms with van der Waals surface area (Å²) in [5.41, 5.74) is 0.148. The minimum Gasteiger partial charge on any atom is -0.446 e. The van der Waals surface area contributed by atoms with Crippen LogP contribution in [0.4, 0.5) is 19.2 Å². The van der Waals surface area contributed by atoms with Crippen LogP contribution >= 0.6 is 0 Å². The fourth-order valence-electron chi connectivity index (χ4n) is 12.2. The topological polar surface area (TPSA) is 136 Å². The highest BCUT2D eigenvalue weighted by Crippen LogP contribution is 2.67. The number of hydrogen-bond acceptors (Lipinski definition) is 8. The Morgan fingerprint density at radius 2 is 1.24 bits per heavy atom. The summed E-state index contributed by atoms with van der Waals surface area (Å²) in [6.45, 7) is 33.5. The average molecular weight is 941 g/mol.